The molecule has 1 aromatic heterocycles. The van der Waals surface area contributed by atoms with Gasteiger partial charge in [-0.3, -0.25) is 4.79 Å². The summed E-state index contributed by atoms with van der Waals surface area (Å²) in [7, 11) is 0. The smallest absolute Gasteiger partial charge is 0.416 e. The molecule has 0 saturated carbocycles. The number of carbonyl (C=O) groups is 1. The van der Waals surface area contributed by atoms with Gasteiger partial charge in [0.05, 0.1) is 22.7 Å². The number of nitrogens with zero attached hydrogens (tertiary/aromatic N) is 3. The minimum absolute atomic E-state index is 0.0215. The van der Waals surface area contributed by atoms with Crippen LogP contribution in [-0.2, 0) is 11.0 Å². The van der Waals surface area contributed by atoms with Crippen LogP contribution in [0.25, 0.3) is 22.3 Å². The Kier molecular flexibility index (Phi) is 6.57. The zero-order valence-corrected chi connectivity index (χ0v) is 18.4. The molecule has 0 radical (unpaired) electrons. The number of aromatic nitrogens is 2. The standard InChI is InChI=1S/C24H15ClF3N3O4/c25-17-8-9-20(35-13-21(32)33)15(11-17)12-29-31-22(14-4-3-5-16(10-14)24(26,27)28)30-19-7-2-1-6-18(19)23(31)34/h1-12H,13H2,(H,32,33). The Bertz CT molecular complexity index is 1520. The second-order valence-electron chi connectivity index (χ2n) is 7.26. The molecule has 0 aliphatic rings. The van der Waals surface area contributed by atoms with Gasteiger partial charge >= 0.3 is 12.1 Å². The highest BCUT2D eigenvalue weighted by molar-refractivity contribution is 6.30. The van der Waals surface area contributed by atoms with E-state index in [9.17, 15) is 22.8 Å². The summed E-state index contributed by atoms with van der Waals surface area (Å²) in [5.74, 6) is -1.20. The molecule has 0 fully saturated rings. The van der Waals surface area contributed by atoms with Gasteiger partial charge in [-0.25, -0.2) is 9.78 Å². The number of halogens is 4. The molecule has 0 amide bonds. The van der Waals surface area contributed by atoms with Crippen molar-refractivity contribution in [1.82, 2.24) is 9.66 Å². The van der Waals surface area contributed by atoms with Gasteiger partial charge < -0.3 is 9.84 Å². The number of fused-ring (bicyclic) bond motifs is 1. The molecule has 0 bridgehead atoms. The summed E-state index contributed by atoms with van der Waals surface area (Å²) in [4.78, 5) is 28.5. The van der Waals surface area contributed by atoms with Crippen LogP contribution in [0.15, 0.2) is 76.6 Å². The first kappa shape index (κ1) is 24.0. The van der Waals surface area contributed by atoms with Gasteiger partial charge in [0.15, 0.2) is 12.4 Å². The Morgan fingerprint density at radius 1 is 1.11 bits per heavy atom. The number of rotatable bonds is 6. The van der Waals surface area contributed by atoms with Crippen molar-refractivity contribution in [3.8, 4) is 17.1 Å². The molecule has 35 heavy (non-hydrogen) atoms. The topological polar surface area (TPSA) is 93.8 Å². The van der Waals surface area contributed by atoms with Gasteiger partial charge in [0.25, 0.3) is 5.56 Å². The Morgan fingerprint density at radius 2 is 1.89 bits per heavy atom. The Balaban J connectivity index is 1.90. The number of hydrogen-bond acceptors (Lipinski definition) is 5. The van der Waals surface area contributed by atoms with E-state index in [1.165, 1.54) is 42.6 Å². The van der Waals surface area contributed by atoms with E-state index in [4.69, 9.17) is 21.4 Å². The van der Waals surface area contributed by atoms with Crippen LogP contribution >= 0.6 is 11.6 Å². The second kappa shape index (κ2) is 9.59. The Hall–Kier alpha value is -4.18. The van der Waals surface area contributed by atoms with Crippen LogP contribution in [-0.4, -0.2) is 33.6 Å². The zero-order valence-electron chi connectivity index (χ0n) is 17.7. The van der Waals surface area contributed by atoms with Crippen LogP contribution in [0, 0.1) is 0 Å². The summed E-state index contributed by atoms with van der Waals surface area (Å²) in [6.45, 7) is -0.630. The van der Waals surface area contributed by atoms with Gasteiger partial charge in [-0.1, -0.05) is 35.9 Å². The molecule has 4 rings (SSSR count). The summed E-state index contributed by atoms with van der Waals surface area (Å²) in [5, 5.41) is 13.6. The molecule has 11 heteroatoms. The van der Waals surface area contributed by atoms with Crippen molar-refractivity contribution >= 4 is 34.7 Å². The second-order valence-corrected chi connectivity index (χ2v) is 7.69. The van der Waals surface area contributed by atoms with E-state index >= 15 is 0 Å². The fourth-order valence-corrected chi connectivity index (χ4v) is 3.44. The molecule has 0 spiro atoms. The molecule has 0 aliphatic carbocycles. The number of carboxylic acids is 1. The number of alkyl halides is 3. The average molecular weight is 502 g/mol. The predicted molar refractivity (Wildman–Crippen MR) is 124 cm³/mol. The summed E-state index contributed by atoms with van der Waals surface area (Å²) in [5.41, 5.74) is -0.979. The quantitative estimate of drug-likeness (QED) is 0.372. The van der Waals surface area contributed by atoms with Crippen LogP contribution in [0.2, 0.25) is 5.02 Å². The van der Waals surface area contributed by atoms with Gasteiger partial charge in [0, 0.05) is 16.1 Å². The van der Waals surface area contributed by atoms with E-state index in [1.54, 1.807) is 18.2 Å². The van der Waals surface area contributed by atoms with E-state index in [1.807, 2.05) is 0 Å². The van der Waals surface area contributed by atoms with Gasteiger partial charge in [0.2, 0.25) is 0 Å². The third kappa shape index (κ3) is 5.33. The maximum Gasteiger partial charge on any atom is 0.416 e. The first-order valence-electron chi connectivity index (χ1n) is 10.0. The van der Waals surface area contributed by atoms with Gasteiger partial charge in [-0.05, 0) is 42.5 Å². The fraction of sp³-hybridized carbons (Fsp3) is 0.0833. The van der Waals surface area contributed by atoms with Crippen molar-refractivity contribution in [2.75, 3.05) is 6.61 Å². The third-order valence-corrected chi connectivity index (χ3v) is 5.07. The van der Waals surface area contributed by atoms with E-state index in [0.717, 1.165) is 16.8 Å². The molecule has 0 atom stereocenters. The Labute approximate surface area is 200 Å². The SMILES string of the molecule is O=C(O)COc1ccc(Cl)cc1C=Nn1c(-c2cccc(C(F)(F)F)c2)nc2ccccc2c1=O. The molecular weight excluding hydrogens is 487 g/mol. The number of carboxylic acid groups (broad SMARTS) is 1. The number of hydrogen-bond donors (Lipinski definition) is 1. The molecular formula is C24H15ClF3N3O4. The molecule has 0 saturated heterocycles. The third-order valence-electron chi connectivity index (χ3n) is 4.84. The molecule has 178 valence electrons. The van der Waals surface area contributed by atoms with Crippen molar-refractivity contribution in [2.24, 2.45) is 5.10 Å². The normalized spacial score (nSPS) is 11.8. The highest BCUT2D eigenvalue weighted by Gasteiger charge is 2.31. The molecule has 7 nitrogen and oxygen atoms in total. The first-order chi connectivity index (χ1) is 16.6. The van der Waals surface area contributed by atoms with Crippen molar-refractivity contribution in [3.63, 3.8) is 0 Å². The lowest BCUT2D eigenvalue weighted by atomic mass is 10.1. The highest BCUT2D eigenvalue weighted by atomic mass is 35.5. The molecule has 1 N–H and O–H groups in total. The molecule has 3 aromatic carbocycles. The van der Waals surface area contributed by atoms with E-state index < -0.39 is 29.9 Å². The lowest BCUT2D eigenvalue weighted by Crippen LogP contribution is -2.20. The first-order valence-corrected chi connectivity index (χ1v) is 10.4. The largest absolute Gasteiger partial charge is 0.481 e. The number of aliphatic carboxylic acids is 1. The minimum Gasteiger partial charge on any atom is -0.481 e. The van der Waals surface area contributed by atoms with Crippen molar-refractivity contribution < 1.29 is 27.8 Å². The maximum atomic E-state index is 13.3. The number of benzene rings is 3. The van der Waals surface area contributed by atoms with Crippen molar-refractivity contribution in [2.45, 2.75) is 6.18 Å². The van der Waals surface area contributed by atoms with Gasteiger partial charge in [-0.15, -0.1) is 0 Å². The van der Waals surface area contributed by atoms with E-state index in [0.29, 0.717) is 0 Å². The summed E-state index contributed by atoms with van der Waals surface area (Å²) < 4.78 is 46.0. The minimum atomic E-state index is -4.60. The lowest BCUT2D eigenvalue weighted by Gasteiger charge is -2.12. The zero-order chi connectivity index (χ0) is 25.2. The van der Waals surface area contributed by atoms with E-state index in [-0.39, 0.29) is 38.6 Å². The maximum absolute atomic E-state index is 13.3. The van der Waals surface area contributed by atoms with E-state index in [2.05, 4.69) is 10.1 Å². The van der Waals surface area contributed by atoms with Crippen LogP contribution in [0.3, 0.4) is 0 Å². The Morgan fingerprint density at radius 3 is 2.63 bits per heavy atom. The fourth-order valence-electron chi connectivity index (χ4n) is 3.26. The monoisotopic (exact) mass is 501 g/mol. The highest BCUT2D eigenvalue weighted by Crippen LogP contribution is 2.32. The van der Waals surface area contributed by atoms with Crippen LogP contribution in [0.5, 0.6) is 5.75 Å². The van der Waals surface area contributed by atoms with Gasteiger partial charge in [0.1, 0.15) is 5.75 Å². The number of para-hydroxylation sites is 1. The average Bonchev–Trinajstić information content (AvgIpc) is 2.82. The van der Waals surface area contributed by atoms with Crippen LogP contribution in [0.4, 0.5) is 13.2 Å². The lowest BCUT2D eigenvalue weighted by molar-refractivity contribution is -0.139. The molecule has 0 unspecified atom stereocenters. The molecule has 0 aliphatic heterocycles. The van der Waals surface area contributed by atoms with Crippen LogP contribution < -0.4 is 10.3 Å². The van der Waals surface area contributed by atoms with Crippen LogP contribution in [0.1, 0.15) is 11.1 Å². The predicted octanol–water partition coefficient (Wildman–Crippen LogP) is 5.08. The summed E-state index contributed by atoms with van der Waals surface area (Å²) in [6.07, 6.45) is -3.41. The van der Waals surface area contributed by atoms with Gasteiger partial charge in [-0.2, -0.15) is 22.9 Å². The molecule has 4 aromatic rings. The summed E-state index contributed by atoms with van der Waals surface area (Å²) >= 11 is 6.04. The summed E-state index contributed by atoms with van der Waals surface area (Å²) in [6, 6.07) is 15.1. The molecule has 1 heterocycles. The van der Waals surface area contributed by atoms with Crippen molar-refractivity contribution in [1.29, 1.82) is 0 Å². The number of ether oxygens (including phenoxy) is 1. The van der Waals surface area contributed by atoms with Crippen molar-refractivity contribution in [3.05, 3.63) is 93.2 Å².